The van der Waals surface area contributed by atoms with Gasteiger partial charge in [-0.1, -0.05) is 405 Å². The van der Waals surface area contributed by atoms with Crippen molar-refractivity contribution in [3.63, 3.8) is 0 Å². The Balaban J connectivity index is 3.34. The first-order valence-corrected chi connectivity index (χ1v) is 39.4. The van der Waals surface area contributed by atoms with Crippen molar-refractivity contribution < 1.29 is 24.5 Å². The highest BCUT2D eigenvalue weighted by Gasteiger charge is 2.20. The summed E-state index contributed by atoms with van der Waals surface area (Å²) in [6, 6.07) is -0.540. The van der Waals surface area contributed by atoms with Crippen molar-refractivity contribution >= 4 is 11.9 Å². The predicted molar refractivity (Wildman–Crippen MR) is 375 cm³/mol. The standard InChI is InChI=1S/C79H155NO5/c1-3-5-7-9-11-13-15-17-19-21-22-37-40-43-47-51-55-59-63-67-71-77(82)76(75-81)80-78(83)72-68-64-60-56-52-48-44-41-38-35-33-31-29-27-25-23-24-26-28-30-32-34-36-39-42-46-50-54-58-62-66-70-74-85-79(84)73-69-65-61-57-53-49-45-20-18-16-14-12-10-8-6-4-2/h26,28,76-77,81-82H,3-25,27,29-75H2,1-2H3,(H,80,83)/b28-26-. The molecule has 0 spiro atoms. The number of allylic oxidation sites excluding steroid dienone is 2. The van der Waals surface area contributed by atoms with Crippen molar-refractivity contribution in [2.45, 2.75) is 469 Å². The van der Waals surface area contributed by atoms with Gasteiger partial charge in [-0.2, -0.15) is 0 Å². The summed E-state index contributed by atoms with van der Waals surface area (Å²) in [5, 5.41) is 23.4. The molecule has 0 rings (SSSR count). The van der Waals surface area contributed by atoms with E-state index in [1.807, 2.05) is 0 Å². The minimum absolute atomic E-state index is 0.0230. The Labute approximate surface area is 533 Å². The molecule has 3 N–H and O–H groups in total. The first-order valence-electron chi connectivity index (χ1n) is 39.4. The van der Waals surface area contributed by atoms with Crippen molar-refractivity contribution in [3.05, 3.63) is 12.2 Å². The normalized spacial score (nSPS) is 12.5. The van der Waals surface area contributed by atoms with Gasteiger partial charge in [-0.3, -0.25) is 9.59 Å². The van der Waals surface area contributed by atoms with E-state index in [0.717, 1.165) is 38.5 Å². The van der Waals surface area contributed by atoms with Crippen molar-refractivity contribution in [3.8, 4) is 0 Å². The van der Waals surface area contributed by atoms with E-state index in [0.29, 0.717) is 25.9 Å². The average Bonchev–Trinajstić information content (AvgIpc) is 3.50. The first-order chi connectivity index (χ1) is 42.0. The van der Waals surface area contributed by atoms with Crippen LogP contribution in [0.3, 0.4) is 0 Å². The van der Waals surface area contributed by atoms with Crippen molar-refractivity contribution in [1.82, 2.24) is 5.32 Å². The summed E-state index contributed by atoms with van der Waals surface area (Å²) in [4.78, 5) is 24.7. The summed E-state index contributed by atoms with van der Waals surface area (Å²) in [5.41, 5.74) is 0. The smallest absolute Gasteiger partial charge is 0.305 e. The number of aliphatic hydroxyl groups is 2. The summed E-state index contributed by atoms with van der Waals surface area (Å²) in [5.74, 6) is -0.00398. The molecular weight excluding hydrogens is 1040 g/mol. The highest BCUT2D eigenvalue weighted by atomic mass is 16.5. The first kappa shape index (κ1) is 83.6. The van der Waals surface area contributed by atoms with Crippen molar-refractivity contribution in [2.75, 3.05) is 13.2 Å². The minimum atomic E-state index is -0.663. The molecule has 0 saturated heterocycles. The highest BCUT2D eigenvalue weighted by Crippen LogP contribution is 2.20. The van der Waals surface area contributed by atoms with Crippen LogP contribution in [-0.4, -0.2) is 47.4 Å². The number of nitrogens with one attached hydrogen (secondary N) is 1. The van der Waals surface area contributed by atoms with E-state index < -0.39 is 12.1 Å². The van der Waals surface area contributed by atoms with Crippen LogP contribution in [0.5, 0.6) is 0 Å². The zero-order valence-corrected chi connectivity index (χ0v) is 58.1. The Morgan fingerprint density at radius 1 is 0.318 bits per heavy atom. The second-order valence-electron chi connectivity index (χ2n) is 27.4. The number of aliphatic hydroxyl groups excluding tert-OH is 2. The Hall–Kier alpha value is -1.40. The molecule has 0 fully saturated rings. The summed E-state index contributed by atoms with van der Waals surface area (Å²) < 4.78 is 5.51. The van der Waals surface area contributed by atoms with Gasteiger partial charge in [0.1, 0.15) is 0 Å². The van der Waals surface area contributed by atoms with E-state index in [2.05, 4.69) is 31.3 Å². The Morgan fingerprint density at radius 3 is 0.835 bits per heavy atom. The Kier molecular flexibility index (Phi) is 73.8. The number of hydrogen-bond donors (Lipinski definition) is 3. The van der Waals surface area contributed by atoms with Crippen LogP contribution in [0.1, 0.15) is 457 Å². The quantitative estimate of drug-likeness (QED) is 0.0320. The lowest BCUT2D eigenvalue weighted by atomic mass is 10.0. The number of hydrogen-bond acceptors (Lipinski definition) is 5. The van der Waals surface area contributed by atoms with Gasteiger partial charge in [0.25, 0.3) is 0 Å². The SMILES string of the molecule is CCCCCCCCCCCCCCCCCCCCCCC(O)C(CO)NC(=O)CCCCCCCCCCCCCCCCCC/C=C\CCCCCCCCCCCCCCOC(=O)CCCCCCCCCCCCCCCCCC. The molecule has 0 aromatic heterocycles. The maximum Gasteiger partial charge on any atom is 0.305 e. The lowest BCUT2D eigenvalue weighted by molar-refractivity contribution is -0.143. The van der Waals surface area contributed by atoms with Gasteiger partial charge in [0.05, 0.1) is 25.4 Å². The summed E-state index contributed by atoms with van der Waals surface area (Å²) in [7, 11) is 0. The number of unbranched alkanes of at least 4 members (excludes halogenated alkanes) is 62. The van der Waals surface area contributed by atoms with E-state index in [1.54, 1.807) is 0 Å². The molecule has 0 aliphatic carbocycles. The highest BCUT2D eigenvalue weighted by molar-refractivity contribution is 5.76. The van der Waals surface area contributed by atoms with Crippen LogP contribution >= 0.6 is 0 Å². The molecule has 506 valence electrons. The van der Waals surface area contributed by atoms with Crippen LogP contribution in [0.2, 0.25) is 0 Å². The van der Waals surface area contributed by atoms with Crippen molar-refractivity contribution in [1.29, 1.82) is 0 Å². The molecule has 6 nitrogen and oxygen atoms in total. The third-order valence-electron chi connectivity index (χ3n) is 18.8. The summed E-state index contributed by atoms with van der Waals surface area (Å²) >= 11 is 0. The number of carbonyl (C=O) groups is 2. The molecule has 0 aliphatic rings. The zero-order valence-electron chi connectivity index (χ0n) is 58.1. The molecule has 6 heteroatoms. The second kappa shape index (κ2) is 75.1. The molecule has 0 radical (unpaired) electrons. The van der Waals surface area contributed by atoms with Gasteiger partial charge in [-0.05, 0) is 51.4 Å². The Bertz CT molecular complexity index is 1290. The van der Waals surface area contributed by atoms with Crippen LogP contribution in [0, 0.1) is 0 Å². The van der Waals surface area contributed by atoms with Gasteiger partial charge >= 0.3 is 5.97 Å². The molecule has 0 aromatic carbocycles. The molecule has 85 heavy (non-hydrogen) atoms. The topological polar surface area (TPSA) is 95.9 Å². The second-order valence-corrected chi connectivity index (χ2v) is 27.4. The van der Waals surface area contributed by atoms with Gasteiger partial charge in [0.15, 0.2) is 0 Å². The van der Waals surface area contributed by atoms with Gasteiger partial charge < -0.3 is 20.3 Å². The van der Waals surface area contributed by atoms with E-state index in [9.17, 15) is 19.8 Å². The van der Waals surface area contributed by atoms with Crippen LogP contribution in [-0.2, 0) is 14.3 Å². The minimum Gasteiger partial charge on any atom is -0.466 e. The van der Waals surface area contributed by atoms with Gasteiger partial charge in [-0.25, -0.2) is 0 Å². The van der Waals surface area contributed by atoms with Gasteiger partial charge in [0, 0.05) is 12.8 Å². The molecule has 0 aliphatic heterocycles. The van der Waals surface area contributed by atoms with E-state index in [4.69, 9.17) is 4.74 Å². The molecule has 0 aromatic rings. The molecule has 2 atom stereocenters. The van der Waals surface area contributed by atoms with Crippen molar-refractivity contribution in [2.24, 2.45) is 0 Å². The monoisotopic (exact) mass is 1200 g/mol. The predicted octanol–water partition coefficient (Wildman–Crippen LogP) is 25.9. The Morgan fingerprint density at radius 2 is 0.553 bits per heavy atom. The van der Waals surface area contributed by atoms with E-state index in [-0.39, 0.29) is 18.5 Å². The fourth-order valence-electron chi connectivity index (χ4n) is 12.8. The molecule has 0 bridgehead atoms. The van der Waals surface area contributed by atoms with Crippen LogP contribution in [0.25, 0.3) is 0 Å². The molecule has 1 amide bonds. The fraction of sp³-hybridized carbons (Fsp3) is 0.949. The molecular formula is C79H155NO5. The summed E-state index contributed by atoms with van der Waals surface area (Å²) in [6.07, 6.45) is 94.4. The third-order valence-corrected chi connectivity index (χ3v) is 18.8. The van der Waals surface area contributed by atoms with Gasteiger partial charge in [0.2, 0.25) is 5.91 Å². The maximum atomic E-state index is 12.6. The van der Waals surface area contributed by atoms with E-state index in [1.165, 1.54) is 385 Å². The number of amides is 1. The number of ether oxygens (including phenoxy) is 1. The summed E-state index contributed by atoms with van der Waals surface area (Å²) in [6.45, 7) is 5.01. The average molecular weight is 1200 g/mol. The number of carbonyl (C=O) groups excluding carboxylic acids is 2. The number of esters is 1. The van der Waals surface area contributed by atoms with Crippen LogP contribution in [0.4, 0.5) is 0 Å². The largest absolute Gasteiger partial charge is 0.466 e. The number of rotatable bonds is 75. The third kappa shape index (κ3) is 71.6. The van der Waals surface area contributed by atoms with Gasteiger partial charge in [-0.15, -0.1) is 0 Å². The fourth-order valence-corrected chi connectivity index (χ4v) is 12.8. The van der Waals surface area contributed by atoms with Crippen LogP contribution < -0.4 is 5.32 Å². The van der Waals surface area contributed by atoms with E-state index >= 15 is 0 Å². The maximum absolute atomic E-state index is 12.6. The van der Waals surface area contributed by atoms with Crippen LogP contribution in [0.15, 0.2) is 12.2 Å². The molecule has 2 unspecified atom stereocenters. The molecule has 0 heterocycles. The molecule has 0 saturated carbocycles. The lowest BCUT2D eigenvalue weighted by Crippen LogP contribution is -2.45. The zero-order chi connectivity index (χ0) is 61.3. The lowest BCUT2D eigenvalue weighted by Gasteiger charge is -2.22.